The first kappa shape index (κ1) is 20.3. The topological polar surface area (TPSA) is 110 Å². The van der Waals surface area contributed by atoms with Crippen LogP contribution >= 0.6 is 0 Å². The van der Waals surface area contributed by atoms with Crippen LogP contribution in [0.5, 0.6) is 0 Å². The summed E-state index contributed by atoms with van der Waals surface area (Å²) in [4.78, 5) is 25.8. The normalized spacial score (nSPS) is 20.9. The molecular weight excluding hydrogens is 420 g/mol. The first-order chi connectivity index (χ1) is 16.0. The lowest BCUT2D eigenvalue weighted by molar-refractivity contribution is -0.117. The SMILES string of the molecule is Cc1ncc(-c2nc3cc(C4(O)CCCOC4)ccc3o2)c2cc(NC(=O)C3CC3)ncc12. The average Bonchev–Trinajstić information content (AvgIpc) is 3.59. The Morgan fingerprint density at radius 1 is 1.18 bits per heavy atom. The molecule has 6 rings (SSSR count). The summed E-state index contributed by atoms with van der Waals surface area (Å²) in [5.41, 5.74) is 2.60. The maximum absolute atomic E-state index is 12.2. The number of nitrogens with one attached hydrogen (secondary N) is 1. The van der Waals surface area contributed by atoms with Crippen LogP contribution in [-0.4, -0.2) is 39.2 Å². The van der Waals surface area contributed by atoms with Crippen molar-refractivity contribution in [3.05, 3.63) is 47.9 Å². The highest BCUT2D eigenvalue weighted by Gasteiger charge is 2.33. The second-order valence-corrected chi connectivity index (χ2v) is 9.03. The fraction of sp³-hybridized carbons (Fsp3) is 0.360. The Bertz CT molecular complexity index is 1390. The Balaban J connectivity index is 1.41. The van der Waals surface area contributed by atoms with Gasteiger partial charge in [0.05, 0.1) is 12.2 Å². The third kappa shape index (κ3) is 3.65. The molecule has 1 saturated carbocycles. The van der Waals surface area contributed by atoms with Crippen LogP contribution in [0.25, 0.3) is 33.3 Å². The number of rotatable bonds is 4. The predicted octanol–water partition coefficient (Wildman–Crippen LogP) is 4.09. The van der Waals surface area contributed by atoms with Crippen LogP contribution in [-0.2, 0) is 15.1 Å². The lowest BCUT2D eigenvalue weighted by atomic mass is 9.88. The lowest BCUT2D eigenvalue weighted by Gasteiger charge is -2.32. The van der Waals surface area contributed by atoms with Crippen LogP contribution in [0.15, 0.2) is 41.1 Å². The summed E-state index contributed by atoms with van der Waals surface area (Å²) in [6.07, 6.45) is 6.78. The molecule has 1 unspecified atom stereocenters. The molecule has 0 bridgehead atoms. The van der Waals surface area contributed by atoms with E-state index < -0.39 is 5.60 Å². The minimum Gasteiger partial charge on any atom is -0.436 e. The van der Waals surface area contributed by atoms with E-state index in [0.29, 0.717) is 35.8 Å². The number of oxazole rings is 1. The first-order valence-electron chi connectivity index (χ1n) is 11.3. The van der Waals surface area contributed by atoms with Crippen LogP contribution in [0.3, 0.4) is 0 Å². The summed E-state index contributed by atoms with van der Waals surface area (Å²) < 4.78 is 11.6. The van der Waals surface area contributed by atoms with Crippen LogP contribution < -0.4 is 5.32 Å². The number of aromatic nitrogens is 3. The van der Waals surface area contributed by atoms with E-state index in [0.717, 1.165) is 46.9 Å². The van der Waals surface area contributed by atoms with E-state index in [2.05, 4.69) is 15.3 Å². The Morgan fingerprint density at radius 2 is 2.06 bits per heavy atom. The fourth-order valence-corrected chi connectivity index (χ4v) is 4.42. The van der Waals surface area contributed by atoms with Gasteiger partial charge in [-0.2, -0.15) is 0 Å². The molecule has 3 aromatic heterocycles. The van der Waals surface area contributed by atoms with Crippen molar-refractivity contribution in [2.75, 3.05) is 18.5 Å². The zero-order chi connectivity index (χ0) is 22.6. The zero-order valence-electron chi connectivity index (χ0n) is 18.3. The maximum atomic E-state index is 12.2. The molecule has 4 aromatic rings. The second-order valence-electron chi connectivity index (χ2n) is 9.03. The van der Waals surface area contributed by atoms with Gasteiger partial charge in [0, 0.05) is 41.4 Å². The van der Waals surface area contributed by atoms with Crippen molar-refractivity contribution in [2.24, 2.45) is 5.92 Å². The Morgan fingerprint density at radius 3 is 2.85 bits per heavy atom. The molecule has 1 amide bonds. The largest absolute Gasteiger partial charge is 0.436 e. The number of carbonyl (C=O) groups is 1. The highest BCUT2D eigenvalue weighted by molar-refractivity contribution is 6.00. The molecule has 0 radical (unpaired) electrons. The number of anilines is 1. The number of ether oxygens (including phenoxy) is 1. The number of benzene rings is 1. The number of nitrogens with zero attached hydrogens (tertiary/aromatic N) is 3. The number of aryl methyl sites for hydroxylation is 1. The minimum absolute atomic E-state index is 0.00759. The van der Waals surface area contributed by atoms with E-state index in [1.165, 1.54) is 0 Å². The van der Waals surface area contributed by atoms with E-state index in [1.54, 1.807) is 12.4 Å². The summed E-state index contributed by atoms with van der Waals surface area (Å²) in [6.45, 7) is 2.86. The molecule has 1 aromatic carbocycles. The molecule has 2 aliphatic rings. The predicted molar refractivity (Wildman–Crippen MR) is 123 cm³/mol. The maximum Gasteiger partial charge on any atom is 0.229 e. The number of hydrogen-bond donors (Lipinski definition) is 2. The van der Waals surface area contributed by atoms with Gasteiger partial charge in [0.2, 0.25) is 11.8 Å². The molecule has 4 heterocycles. The smallest absolute Gasteiger partial charge is 0.229 e. The van der Waals surface area contributed by atoms with Crippen LogP contribution in [0.2, 0.25) is 0 Å². The first-order valence-corrected chi connectivity index (χ1v) is 11.3. The molecule has 2 fully saturated rings. The van der Waals surface area contributed by atoms with Gasteiger partial charge in [-0.15, -0.1) is 0 Å². The van der Waals surface area contributed by atoms with Crippen molar-refractivity contribution in [1.82, 2.24) is 15.0 Å². The molecule has 1 aliphatic carbocycles. The summed E-state index contributed by atoms with van der Waals surface area (Å²) in [7, 11) is 0. The van der Waals surface area contributed by atoms with Crippen molar-refractivity contribution < 1.29 is 19.1 Å². The average molecular weight is 444 g/mol. The van der Waals surface area contributed by atoms with Crippen LogP contribution in [0.4, 0.5) is 5.82 Å². The molecule has 8 heteroatoms. The van der Waals surface area contributed by atoms with Crippen LogP contribution in [0, 0.1) is 12.8 Å². The van der Waals surface area contributed by atoms with Crippen molar-refractivity contribution in [3.63, 3.8) is 0 Å². The monoisotopic (exact) mass is 444 g/mol. The summed E-state index contributed by atoms with van der Waals surface area (Å²) >= 11 is 0. The minimum atomic E-state index is -1.01. The Kier molecular flexibility index (Phi) is 4.67. The van der Waals surface area contributed by atoms with Gasteiger partial charge in [-0.3, -0.25) is 9.78 Å². The standard InChI is InChI=1S/C25H24N4O4/c1-14-18-11-27-22(29-23(30)15-3-4-15)10-17(18)19(12-26-14)24-28-20-9-16(5-6-21(20)33-24)25(31)7-2-8-32-13-25/h5-6,9-12,15,31H,2-4,7-8,13H2,1H3,(H,27,29,30). The number of hydrogen-bond acceptors (Lipinski definition) is 7. The lowest BCUT2D eigenvalue weighted by Crippen LogP contribution is -2.35. The van der Waals surface area contributed by atoms with Crippen molar-refractivity contribution in [1.29, 1.82) is 0 Å². The number of carbonyl (C=O) groups excluding carboxylic acids is 1. The molecule has 168 valence electrons. The number of fused-ring (bicyclic) bond motifs is 2. The van der Waals surface area contributed by atoms with E-state index in [4.69, 9.17) is 14.1 Å². The van der Waals surface area contributed by atoms with Crippen molar-refractivity contribution in [2.45, 2.75) is 38.2 Å². The fourth-order valence-electron chi connectivity index (χ4n) is 4.42. The van der Waals surface area contributed by atoms with Gasteiger partial charge >= 0.3 is 0 Å². The van der Waals surface area contributed by atoms with E-state index in [1.807, 2.05) is 31.2 Å². The van der Waals surface area contributed by atoms with Gasteiger partial charge in [-0.25, -0.2) is 9.97 Å². The number of aliphatic hydroxyl groups is 1. The van der Waals surface area contributed by atoms with Crippen molar-refractivity contribution in [3.8, 4) is 11.5 Å². The van der Waals surface area contributed by atoms with E-state index in [-0.39, 0.29) is 18.4 Å². The molecule has 33 heavy (non-hydrogen) atoms. The molecule has 2 N–H and O–H groups in total. The second kappa shape index (κ2) is 7.60. The molecule has 0 spiro atoms. The summed E-state index contributed by atoms with van der Waals surface area (Å²) in [5.74, 6) is 1.03. The van der Waals surface area contributed by atoms with Gasteiger partial charge in [0.25, 0.3) is 0 Å². The van der Waals surface area contributed by atoms with Gasteiger partial charge < -0.3 is 19.6 Å². The van der Waals surface area contributed by atoms with E-state index in [9.17, 15) is 9.90 Å². The highest BCUT2D eigenvalue weighted by Crippen LogP contribution is 2.36. The van der Waals surface area contributed by atoms with Gasteiger partial charge in [0.15, 0.2) is 5.58 Å². The third-order valence-corrected chi connectivity index (χ3v) is 6.55. The van der Waals surface area contributed by atoms with Crippen molar-refractivity contribution >= 4 is 33.6 Å². The van der Waals surface area contributed by atoms with Gasteiger partial charge in [-0.05, 0) is 56.4 Å². The van der Waals surface area contributed by atoms with Crippen LogP contribution in [0.1, 0.15) is 36.9 Å². The molecule has 1 atom stereocenters. The number of amides is 1. The van der Waals surface area contributed by atoms with E-state index >= 15 is 0 Å². The Labute approximate surface area is 190 Å². The highest BCUT2D eigenvalue weighted by atomic mass is 16.5. The van der Waals surface area contributed by atoms with Gasteiger partial charge in [0.1, 0.15) is 16.9 Å². The summed E-state index contributed by atoms with van der Waals surface area (Å²) in [6, 6.07) is 7.42. The van der Waals surface area contributed by atoms with Gasteiger partial charge in [-0.1, -0.05) is 6.07 Å². The number of pyridine rings is 2. The third-order valence-electron chi connectivity index (χ3n) is 6.55. The molecular formula is C25H24N4O4. The molecule has 1 aliphatic heterocycles. The zero-order valence-corrected chi connectivity index (χ0v) is 18.3. The molecule has 1 saturated heterocycles. The quantitative estimate of drug-likeness (QED) is 0.488. The summed E-state index contributed by atoms with van der Waals surface area (Å²) in [5, 5.41) is 15.6. The Hall–Kier alpha value is -3.36. The molecule has 8 nitrogen and oxygen atoms in total.